The number of rotatable bonds is 9. The van der Waals surface area contributed by atoms with Crippen molar-refractivity contribution in [2.24, 2.45) is 5.73 Å². The summed E-state index contributed by atoms with van der Waals surface area (Å²) in [5.41, 5.74) is 7.32. The molecule has 0 aliphatic carbocycles. The SMILES string of the molecule is NC(=O)c1ccc2ccccc2c1COC1CCN(CCCCN2C(=O)c3ccccc3S2(O)O)C1. The summed E-state index contributed by atoms with van der Waals surface area (Å²) in [6, 6.07) is 18.3. The van der Waals surface area contributed by atoms with Gasteiger partial charge in [0.05, 0.1) is 23.2 Å². The Morgan fingerprint density at radius 2 is 1.78 bits per heavy atom. The summed E-state index contributed by atoms with van der Waals surface area (Å²) in [4.78, 5) is 27.2. The number of nitrogens with zero attached hydrogens (tertiary/aromatic N) is 2. The van der Waals surface area contributed by atoms with Crippen molar-refractivity contribution < 1.29 is 23.4 Å². The number of carbonyl (C=O) groups excluding carboxylic acids is 2. The van der Waals surface area contributed by atoms with Crippen LogP contribution >= 0.6 is 10.8 Å². The minimum atomic E-state index is -3.25. The van der Waals surface area contributed by atoms with E-state index in [4.69, 9.17) is 10.5 Å². The number of ether oxygens (including phenoxy) is 1. The Hall–Kier alpha value is -2.95. The van der Waals surface area contributed by atoms with Gasteiger partial charge in [0.1, 0.15) is 0 Å². The average Bonchev–Trinajstić information content (AvgIpc) is 3.41. The van der Waals surface area contributed by atoms with Gasteiger partial charge in [-0.05, 0) is 60.3 Å². The van der Waals surface area contributed by atoms with Crippen LogP contribution in [0.2, 0.25) is 0 Å². The van der Waals surface area contributed by atoms with Crippen molar-refractivity contribution in [3.05, 3.63) is 77.4 Å². The Morgan fingerprint density at radius 1 is 1.03 bits per heavy atom. The summed E-state index contributed by atoms with van der Waals surface area (Å²) in [7, 11) is -3.25. The number of amides is 2. The van der Waals surface area contributed by atoms with Gasteiger partial charge in [-0.3, -0.25) is 18.7 Å². The van der Waals surface area contributed by atoms with E-state index in [0.717, 1.165) is 48.8 Å². The zero-order valence-corrected chi connectivity index (χ0v) is 20.8. The molecule has 0 aromatic heterocycles. The third kappa shape index (κ3) is 4.72. The number of fused-ring (bicyclic) bond motifs is 2. The molecule has 9 heteroatoms. The van der Waals surface area contributed by atoms with E-state index in [2.05, 4.69) is 4.90 Å². The van der Waals surface area contributed by atoms with Crippen molar-refractivity contribution in [3.63, 3.8) is 0 Å². The highest BCUT2D eigenvalue weighted by Gasteiger charge is 2.40. The fourth-order valence-electron chi connectivity index (χ4n) is 5.13. The fraction of sp³-hybridized carbons (Fsp3) is 0.333. The second-order valence-electron chi connectivity index (χ2n) is 9.33. The van der Waals surface area contributed by atoms with E-state index < -0.39 is 16.7 Å². The average molecular weight is 510 g/mol. The maximum absolute atomic E-state index is 12.6. The normalized spacial score (nSPS) is 20.1. The van der Waals surface area contributed by atoms with Gasteiger partial charge in [0.15, 0.2) is 0 Å². The molecular formula is C27H31N3O5S. The summed E-state index contributed by atoms with van der Waals surface area (Å²) in [6.07, 6.45) is 2.47. The monoisotopic (exact) mass is 509 g/mol. The van der Waals surface area contributed by atoms with Crippen LogP contribution in [0.3, 0.4) is 0 Å². The summed E-state index contributed by atoms with van der Waals surface area (Å²) in [5, 5.41) is 2.03. The molecule has 5 rings (SSSR count). The van der Waals surface area contributed by atoms with Crippen LogP contribution < -0.4 is 5.73 Å². The molecule has 2 aliphatic heterocycles. The first kappa shape index (κ1) is 24.7. The Kier molecular flexibility index (Phi) is 7.00. The Labute approximate surface area is 212 Å². The number of nitrogens with two attached hydrogens (primary N) is 1. The van der Waals surface area contributed by atoms with Gasteiger partial charge in [0.2, 0.25) is 5.91 Å². The molecule has 0 radical (unpaired) electrons. The highest BCUT2D eigenvalue weighted by molar-refractivity contribution is 8.23. The van der Waals surface area contributed by atoms with E-state index in [0.29, 0.717) is 35.6 Å². The van der Waals surface area contributed by atoms with E-state index in [-0.39, 0.29) is 12.0 Å². The van der Waals surface area contributed by atoms with Crippen LogP contribution in [0.5, 0.6) is 0 Å². The summed E-state index contributed by atoms with van der Waals surface area (Å²) < 4.78 is 28.6. The van der Waals surface area contributed by atoms with Gasteiger partial charge in [-0.15, -0.1) is 0 Å². The van der Waals surface area contributed by atoms with Gasteiger partial charge < -0.3 is 15.4 Å². The molecule has 1 fully saturated rings. The molecule has 0 saturated carbocycles. The number of carbonyl (C=O) groups is 2. The smallest absolute Gasteiger partial charge is 0.274 e. The third-order valence-electron chi connectivity index (χ3n) is 7.03. The molecule has 190 valence electrons. The number of hydrogen-bond acceptors (Lipinski definition) is 6. The molecule has 8 nitrogen and oxygen atoms in total. The second-order valence-corrected chi connectivity index (χ2v) is 11.2. The van der Waals surface area contributed by atoms with Crippen LogP contribution in [0.4, 0.5) is 0 Å². The maximum Gasteiger partial charge on any atom is 0.274 e. The molecule has 2 aliphatic rings. The maximum atomic E-state index is 12.6. The van der Waals surface area contributed by atoms with E-state index >= 15 is 0 Å². The number of likely N-dealkylation sites (tertiary alicyclic amines) is 1. The van der Waals surface area contributed by atoms with E-state index in [1.807, 2.05) is 30.3 Å². The van der Waals surface area contributed by atoms with E-state index in [9.17, 15) is 18.7 Å². The lowest BCUT2D eigenvalue weighted by Gasteiger charge is -2.37. The van der Waals surface area contributed by atoms with Crippen LogP contribution in [-0.4, -0.2) is 62.4 Å². The van der Waals surface area contributed by atoms with Gasteiger partial charge in [-0.25, -0.2) is 4.31 Å². The zero-order chi connectivity index (χ0) is 25.3. The predicted octanol–water partition coefficient (Wildman–Crippen LogP) is 4.49. The molecule has 2 heterocycles. The number of primary amides is 1. The first-order valence-electron chi connectivity index (χ1n) is 12.2. The van der Waals surface area contributed by atoms with Gasteiger partial charge in [0, 0.05) is 25.2 Å². The number of hydrogen-bond donors (Lipinski definition) is 3. The van der Waals surface area contributed by atoms with E-state index in [1.54, 1.807) is 30.3 Å². The van der Waals surface area contributed by atoms with Crippen molar-refractivity contribution in [2.75, 3.05) is 26.2 Å². The van der Waals surface area contributed by atoms with Crippen molar-refractivity contribution in [2.45, 2.75) is 36.9 Å². The molecule has 0 bridgehead atoms. The van der Waals surface area contributed by atoms with Crippen LogP contribution in [-0.2, 0) is 11.3 Å². The predicted molar refractivity (Wildman–Crippen MR) is 140 cm³/mol. The van der Waals surface area contributed by atoms with Gasteiger partial charge >= 0.3 is 0 Å². The molecule has 1 atom stereocenters. The van der Waals surface area contributed by atoms with Gasteiger partial charge in [-0.1, -0.05) is 53.2 Å². The van der Waals surface area contributed by atoms with Crippen molar-refractivity contribution in [3.8, 4) is 0 Å². The summed E-state index contributed by atoms with van der Waals surface area (Å²) in [6.45, 7) is 3.18. The summed E-state index contributed by atoms with van der Waals surface area (Å²) in [5.74, 6) is -0.771. The first-order valence-corrected chi connectivity index (χ1v) is 13.7. The molecule has 1 unspecified atom stereocenters. The minimum Gasteiger partial charge on any atom is -0.372 e. The van der Waals surface area contributed by atoms with Crippen molar-refractivity contribution >= 4 is 33.4 Å². The standard InChI is InChI=1S/C27H31N3O5S/c28-26(31)22-12-11-19-7-1-2-8-21(19)24(22)18-35-20-13-16-29(17-20)14-5-6-15-30-27(32)23-9-3-4-10-25(23)36(30,33)34/h1-4,7-12,20,33-34H,5-6,13-18H2,(H2,28,31). The molecular weight excluding hydrogens is 478 g/mol. The van der Waals surface area contributed by atoms with Crippen LogP contribution in [0.25, 0.3) is 10.8 Å². The lowest BCUT2D eigenvalue weighted by atomic mass is 9.99. The van der Waals surface area contributed by atoms with Gasteiger partial charge in [-0.2, -0.15) is 0 Å². The number of unbranched alkanes of at least 4 members (excludes halogenated alkanes) is 1. The van der Waals surface area contributed by atoms with Crippen LogP contribution in [0, 0.1) is 0 Å². The zero-order valence-electron chi connectivity index (χ0n) is 20.0. The van der Waals surface area contributed by atoms with Crippen LogP contribution in [0.15, 0.2) is 65.6 Å². The number of benzene rings is 3. The summed E-state index contributed by atoms with van der Waals surface area (Å²) >= 11 is 0. The minimum absolute atomic E-state index is 0.0614. The lowest BCUT2D eigenvalue weighted by Crippen LogP contribution is -2.29. The Bertz CT molecular complexity index is 1300. The molecule has 0 spiro atoms. The first-order chi connectivity index (χ1) is 17.4. The topological polar surface area (TPSA) is 116 Å². The molecule has 2 amide bonds. The molecule has 3 aromatic carbocycles. The van der Waals surface area contributed by atoms with Crippen LogP contribution in [0.1, 0.15) is 45.5 Å². The van der Waals surface area contributed by atoms with Crippen molar-refractivity contribution in [1.82, 2.24) is 9.21 Å². The van der Waals surface area contributed by atoms with Crippen molar-refractivity contribution in [1.29, 1.82) is 0 Å². The largest absolute Gasteiger partial charge is 0.372 e. The Balaban J connectivity index is 1.11. The Morgan fingerprint density at radius 3 is 2.58 bits per heavy atom. The third-order valence-corrected chi connectivity index (χ3v) is 8.94. The highest BCUT2D eigenvalue weighted by Crippen LogP contribution is 2.58. The quantitative estimate of drug-likeness (QED) is 0.366. The lowest BCUT2D eigenvalue weighted by molar-refractivity contribution is 0.0466. The fourth-order valence-corrected chi connectivity index (χ4v) is 6.79. The molecule has 1 saturated heterocycles. The van der Waals surface area contributed by atoms with E-state index in [1.165, 1.54) is 4.31 Å². The molecule has 36 heavy (non-hydrogen) atoms. The molecule has 3 aromatic rings. The highest BCUT2D eigenvalue weighted by atomic mass is 32.3. The second kappa shape index (κ2) is 10.2. The van der Waals surface area contributed by atoms with Gasteiger partial charge in [0.25, 0.3) is 5.91 Å². The molecule has 4 N–H and O–H groups in total.